The van der Waals surface area contributed by atoms with Crippen molar-refractivity contribution in [1.82, 2.24) is 0 Å². The van der Waals surface area contributed by atoms with Crippen LogP contribution in [0.4, 0.5) is 5.69 Å². The van der Waals surface area contributed by atoms with Crippen LogP contribution < -0.4 is 4.72 Å². The lowest BCUT2D eigenvalue weighted by Crippen LogP contribution is -2.16. The molecule has 6 heteroatoms. The van der Waals surface area contributed by atoms with Crippen molar-refractivity contribution in [2.45, 2.75) is 13.3 Å². The molecular formula is C14H15NO3S2. The Labute approximate surface area is 122 Å². The van der Waals surface area contributed by atoms with Gasteiger partial charge in [-0.05, 0) is 42.1 Å². The molecule has 0 unspecified atom stereocenters. The zero-order valence-corrected chi connectivity index (χ0v) is 12.6. The summed E-state index contributed by atoms with van der Waals surface area (Å²) in [5.74, 6) is 0.0334. The van der Waals surface area contributed by atoms with E-state index < -0.39 is 10.0 Å². The van der Waals surface area contributed by atoms with Gasteiger partial charge in [0.1, 0.15) is 0 Å². The molecule has 0 saturated heterocycles. The highest BCUT2D eigenvalue weighted by Gasteiger charge is 2.11. The number of rotatable bonds is 6. The van der Waals surface area contributed by atoms with Crippen LogP contribution >= 0.6 is 11.3 Å². The molecule has 1 aromatic carbocycles. The minimum Gasteiger partial charge on any atom is -0.288 e. The fourth-order valence-electron chi connectivity index (χ4n) is 1.74. The molecule has 0 atom stereocenters. The number of carbonyl (C=O) groups excluding carboxylic acids is 1. The van der Waals surface area contributed by atoms with Gasteiger partial charge in [-0.25, -0.2) is 8.42 Å². The molecule has 2 rings (SSSR count). The maximum Gasteiger partial charge on any atom is 0.232 e. The third kappa shape index (κ3) is 3.68. The molecule has 0 spiro atoms. The SMILES string of the molecule is CCCS(=O)(=O)Nc1ccc(C(=O)c2cccs2)cc1. The molecule has 0 saturated carbocycles. The van der Waals surface area contributed by atoms with Crippen LogP contribution in [0.3, 0.4) is 0 Å². The van der Waals surface area contributed by atoms with E-state index >= 15 is 0 Å². The molecule has 0 radical (unpaired) electrons. The quantitative estimate of drug-likeness (QED) is 0.834. The maximum absolute atomic E-state index is 12.1. The Morgan fingerprint density at radius 3 is 2.45 bits per heavy atom. The van der Waals surface area contributed by atoms with E-state index in [1.54, 1.807) is 30.3 Å². The van der Waals surface area contributed by atoms with Gasteiger partial charge in [0.2, 0.25) is 15.8 Å². The molecule has 106 valence electrons. The number of ketones is 1. The lowest BCUT2D eigenvalue weighted by Gasteiger charge is -2.07. The summed E-state index contributed by atoms with van der Waals surface area (Å²) in [5, 5.41) is 1.85. The average Bonchev–Trinajstić information content (AvgIpc) is 2.92. The lowest BCUT2D eigenvalue weighted by molar-refractivity contribution is 0.104. The van der Waals surface area contributed by atoms with E-state index in [2.05, 4.69) is 4.72 Å². The van der Waals surface area contributed by atoms with Gasteiger partial charge in [-0.3, -0.25) is 9.52 Å². The van der Waals surface area contributed by atoms with Gasteiger partial charge < -0.3 is 0 Å². The van der Waals surface area contributed by atoms with Crippen molar-refractivity contribution in [3.63, 3.8) is 0 Å². The van der Waals surface area contributed by atoms with Crippen molar-refractivity contribution < 1.29 is 13.2 Å². The third-order valence-electron chi connectivity index (χ3n) is 2.64. The van der Waals surface area contributed by atoms with Crippen LogP contribution in [0.2, 0.25) is 0 Å². The van der Waals surface area contributed by atoms with Crippen LogP contribution in [0.5, 0.6) is 0 Å². The highest BCUT2D eigenvalue weighted by atomic mass is 32.2. The second-order valence-corrected chi connectivity index (χ2v) is 7.09. The van der Waals surface area contributed by atoms with Gasteiger partial charge in [0.25, 0.3) is 0 Å². The van der Waals surface area contributed by atoms with Crippen LogP contribution in [-0.2, 0) is 10.0 Å². The molecule has 4 nitrogen and oxygen atoms in total. The maximum atomic E-state index is 12.1. The Hall–Kier alpha value is -1.66. The standard InChI is InChI=1S/C14H15NO3S2/c1-2-10-20(17,18)15-12-7-5-11(6-8-12)14(16)13-4-3-9-19-13/h3-9,15H,2,10H2,1H3. The van der Waals surface area contributed by atoms with Crippen LogP contribution in [0.15, 0.2) is 41.8 Å². The molecule has 1 N–H and O–H groups in total. The molecule has 2 aromatic rings. The fraction of sp³-hybridized carbons (Fsp3) is 0.214. The summed E-state index contributed by atoms with van der Waals surface area (Å²) in [5.41, 5.74) is 1.02. The highest BCUT2D eigenvalue weighted by Crippen LogP contribution is 2.17. The van der Waals surface area contributed by atoms with Crippen LogP contribution in [0, 0.1) is 0 Å². The molecule has 20 heavy (non-hydrogen) atoms. The first-order valence-corrected chi connectivity index (χ1v) is 8.74. The predicted molar refractivity (Wildman–Crippen MR) is 81.9 cm³/mol. The number of carbonyl (C=O) groups is 1. The molecular weight excluding hydrogens is 294 g/mol. The minimum atomic E-state index is -3.29. The zero-order valence-electron chi connectivity index (χ0n) is 11.0. The summed E-state index contributed by atoms with van der Waals surface area (Å²) in [6.45, 7) is 1.81. The van der Waals surface area contributed by atoms with Gasteiger partial charge >= 0.3 is 0 Å². The lowest BCUT2D eigenvalue weighted by atomic mass is 10.1. The number of thiophene rings is 1. The van der Waals surface area contributed by atoms with Crippen LogP contribution in [0.1, 0.15) is 28.6 Å². The second-order valence-electron chi connectivity index (χ2n) is 4.30. The third-order valence-corrected chi connectivity index (χ3v) is 5.00. The molecule has 0 amide bonds. The van der Waals surface area contributed by atoms with Crippen molar-refractivity contribution in [2.24, 2.45) is 0 Å². The number of sulfonamides is 1. The fourth-order valence-corrected chi connectivity index (χ4v) is 3.56. The molecule has 0 bridgehead atoms. The Kier molecular flexibility index (Phi) is 4.57. The van der Waals surface area contributed by atoms with Crippen LogP contribution in [0.25, 0.3) is 0 Å². The summed E-state index contributed by atoms with van der Waals surface area (Å²) >= 11 is 1.39. The van der Waals surface area contributed by atoms with E-state index in [9.17, 15) is 13.2 Å². The Bertz CT molecular complexity index is 674. The van der Waals surface area contributed by atoms with E-state index in [0.29, 0.717) is 22.5 Å². The number of benzene rings is 1. The monoisotopic (exact) mass is 309 g/mol. The summed E-state index contributed by atoms with van der Waals surface area (Å²) in [6.07, 6.45) is 0.560. The van der Waals surface area contributed by atoms with Crippen molar-refractivity contribution in [1.29, 1.82) is 0 Å². The predicted octanol–water partition coefficient (Wildman–Crippen LogP) is 3.13. The van der Waals surface area contributed by atoms with Crippen molar-refractivity contribution in [3.8, 4) is 0 Å². The van der Waals surface area contributed by atoms with Gasteiger partial charge in [0.05, 0.1) is 10.6 Å². The van der Waals surface area contributed by atoms with Gasteiger partial charge in [-0.1, -0.05) is 13.0 Å². The van der Waals surface area contributed by atoms with E-state index in [4.69, 9.17) is 0 Å². The first-order chi connectivity index (χ1) is 9.52. The molecule has 1 heterocycles. The minimum absolute atomic E-state index is 0.0528. The van der Waals surface area contributed by atoms with Gasteiger partial charge in [0, 0.05) is 11.3 Å². The Morgan fingerprint density at radius 2 is 1.90 bits per heavy atom. The van der Waals surface area contributed by atoms with Crippen molar-refractivity contribution in [2.75, 3.05) is 10.5 Å². The van der Waals surface area contributed by atoms with E-state index in [1.807, 2.05) is 18.4 Å². The van der Waals surface area contributed by atoms with Crippen LogP contribution in [-0.4, -0.2) is 20.0 Å². The summed E-state index contributed by atoms with van der Waals surface area (Å²) in [7, 11) is -3.29. The first kappa shape index (κ1) is 14.7. The topological polar surface area (TPSA) is 63.2 Å². The zero-order chi connectivity index (χ0) is 14.6. The number of nitrogens with one attached hydrogen (secondary N) is 1. The van der Waals surface area contributed by atoms with Gasteiger partial charge in [0.15, 0.2) is 0 Å². The van der Waals surface area contributed by atoms with E-state index in [0.717, 1.165) is 0 Å². The molecule has 0 fully saturated rings. The molecule has 0 aliphatic carbocycles. The van der Waals surface area contributed by atoms with E-state index in [1.165, 1.54) is 11.3 Å². The second kappa shape index (κ2) is 6.19. The van der Waals surface area contributed by atoms with Gasteiger partial charge in [-0.15, -0.1) is 11.3 Å². The number of hydrogen-bond acceptors (Lipinski definition) is 4. The van der Waals surface area contributed by atoms with Crippen molar-refractivity contribution >= 4 is 32.8 Å². The number of anilines is 1. The number of hydrogen-bond donors (Lipinski definition) is 1. The van der Waals surface area contributed by atoms with E-state index in [-0.39, 0.29) is 11.5 Å². The first-order valence-electron chi connectivity index (χ1n) is 6.20. The normalized spacial score (nSPS) is 11.2. The van der Waals surface area contributed by atoms with Crippen molar-refractivity contribution in [3.05, 3.63) is 52.2 Å². The average molecular weight is 309 g/mol. The summed E-state index contributed by atoms with van der Waals surface area (Å²) < 4.78 is 25.7. The summed E-state index contributed by atoms with van der Waals surface area (Å²) in [6, 6.07) is 10.1. The highest BCUT2D eigenvalue weighted by molar-refractivity contribution is 7.92. The Balaban J connectivity index is 2.13. The molecule has 1 aromatic heterocycles. The Morgan fingerprint density at radius 1 is 1.20 bits per heavy atom. The largest absolute Gasteiger partial charge is 0.288 e. The molecule has 0 aliphatic rings. The molecule has 0 aliphatic heterocycles. The summed E-state index contributed by atoms with van der Waals surface area (Å²) in [4.78, 5) is 12.7. The smallest absolute Gasteiger partial charge is 0.232 e. The van der Waals surface area contributed by atoms with Gasteiger partial charge in [-0.2, -0.15) is 0 Å².